The molecule has 0 bridgehead atoms. The highest BCUT2D eigenvalue weighted by atomic mass is 16.6. The molecule has 0 unspecified atom stereocenters. The van der Waals surface area contributed by atoms with Crippen molar-refractivity contribution in [1.82, 2.24) is 0 Å². The van der Waals surface area contributed by atoms with E-state index in [4.69, 9.17) is 20.7 Å². The zero-order valence-electron chi connectivity index (χ0n) is 11.3. The molecule has 4 N–H and O–H groups in total. The zero-order chi connectivity index (χ0) is 14.3. The second-order valence-corrected chi connectivity index (χ2v) is 4.47. The van der Waals surface area contributed by atoms with Gasteiger partial charge in [0, 0.05) is 23.5 Å². The summed E-state index contributed by atoms with van der Waals surface area (Å²) in [5.74, 6) is 0. The van der Waals surface area contributed by atoms with E-state index in [9.17, 15) is 0 Å². The summed E-state index contributed by atoms with van der Waals surface area (Å²) in [6.45, 7) is 8.82. The first-order valence-corrected chi connectivity index (χ1v) is 5.81. The Morgan fingerprint density at radius 3 is 1.67 bits per heavy atom. The van der Waals surface area contributed by atoms with E-state index in [1.807, 2.05) is 12.1 Å². The molecule has 0 spiro atoms. The normalized spacial score (nSPS) is 9.89. The van der Waals surface area contributed by atoms with Gasteiger partial charge >= 0.3 is 6.16 Å². The molecule has 5 nitrogen and oxygen atoms in total. The summed E-state index contributed by atoms with van der Waals surface area (Å²) in [5, 5.41) is 13.9. The Bertz CT molecular complexity index is 349. The Morgan fingerprint density at radius 2 is 1.39 bits per heavy atom. The highest BCUT2D eigenvalue weighted by Crippen LogP contribution is 2.21. The number of hydrogen-bond acceptors (Lipinski definition) is 3. The van der Waals surface area contributed by atoms with Crippen molar-refractivity contribution in [3.05, 3.63) is 24.3 Å². The number of rotatable bonds is 3. The summed E-state index contributed by atoms with van der Waals surface area (Å²) >= 11 is 0. The minimum absolute atomic E-state index is 0.513. The third-order valence-electron chi connectivity index (χ3n) is 2.30. The molecular formula is C13H22N2O3. The average molecular weight is 254 g/mol. The van der Waals surface area contributed by atoms with Gasteiger partial charge in [-0.05, 0) is 52.0 Å². The SMILES string of the molecule is CC(C)N(c1ccc(N)cc1)C(C)C.O=C(O)O. The molecule has 1 rings (SSSR count). The number of nitrogens with zero attached hydrogens (tertiary/aromatic N) is 1. The summed E-state index contributed by atoms with van der Waals surface area (Å²) in [6, 6.07) is 9.09. The molecule has 0 radical (unpaired) electrons. The molecular weight excluding hydrogens is 232 g/mol. The van der Waals surface area contributed by atoms with Crippen LogP contribution in [0.5, 0.6) is 0 Å². The van der Waals surface area contributed by atoms with Crippen LogP contribution in [-0.2, 0) is 0 Å². The van der Waals surface area contributed by atoms with Crippen molar-refractivity contribution in [2.75, 3.05) is 10.6 Å². The number of carboxylic acid groups (broad SMARTS) is 2. The maximum Gasteiger partial charge on any atom is 0.503 e. The topological polar surface area (TPSA) is 86.8 Å². The van der Waals surface area contributed by atoms with Crippen LogP contribution in [0, 0.1) is 0 Å². The Balaban J connectivity index is 0.000000631. The first-order valence-electron chi connectivity index (χ1n) is 5.81. The van der Waals surface area contributed by atoms with Crippen LogP contribution in [0.2, 0.25) is 0 Å². The Hall–Kier alpha value is -1.91. The smallest absolute Gasteiger partial charge is 0.450 e. The molecule has 0 aliphatic rings. The second-order valence-electron chi connectivity index (χ2n) is 4.47. The van der Waals surface area contributed by atoms with Gasteiger partial charge in [-0.25, -0.2) is 4.79 Å². The molecule has 0 amide bonds. The van der Waals surface area contributed by atoms with Gasteiger partial charge in [-0.1, -0.05) is 0 Å². The van der Waals surface area contributed by atoms with Crippen LogP contribution in [-0.4, -0.2) is 28.5 Å². The molecule has 0 aliphatic carbocycles. The van der Waals surface area contributed by atoms with E-state index in [-0.39, 0.29) is 0 Å². The van der Waals surface area contributed by atoms with Gasteiger partial charge in [-0.15, -0.1) is 0 Å². The average Bonchev–Trinajstić information content (AvgIpc) is 2.19. The lowest BCUT2D eigenvalue weighted by atomic mass is 10.2. The molecule has 1 aromatic carbocycles. The van der Waals surface area contributed by atoms with Crippen LogP contribution >= 0.6 is 0 Å². The van der Waals surface area contributed by atoms with Gasteiger partial charge in [0.2, 0.25) is 0 Å². The number of hydrogen-bond donors (Lipinski definition) is 3. The number of anilines is 2. The fraction of sp³-hybridized carbons (Fsp3) is 0.462. The van der Waals surface area contributed by atoms with E-state index in [2.05, 4.69) is 44.7 Å². The van der Waals surface area contributed by atoms with Crippen LogP contribution in [0.1, 0.15) is 27.7 Å². The van der Waals surface area contributed by atoms with Gasteiger partial charge in [0.1, 0.15) is 0 Å². The number of benzene rings is 1. The fourth-order valence-electron chi connectivity index (χ4n) is 1.84. The molecule has 0 fully saturated rings. The molecule has 0 saturated heterocycles. The monoisotopic (exact) mass is 254 g/mol. The minimum atomic E-state index is -1.83. The first kappa shape index (κ1) is 16.1. The molecule has 102 valence electrons. The molecule has 1 aromatic rings. The largest absolute Gasteiger partial charge is 0.503 e. The van der Waals surface area contributed by atoms with E-state index in [0.717, 1.165) is 5.69 Å². The Morgan fingerprint density at radius 1 is 1.06 bits per heavy atom. The van der Waals surface area contributed by atoms with Gasteiger partial charge in [-0.3, -0.25) is 0 Å². The van der Waals surface area contributed by atoms with Crippen LogP contribution in [0.4, 0.5) is 16.2 Å². The summed E-state index contributed by atoms with van der Waals surface area (Å²) in [7, 11) is 0. The third-order valence-corrected chi connectivity index (χ3v) is 2.30. The number of carbonyl (C=O) groups is 1. The fourth-order valence-corrected chi connectivity index (χ4v) is 1.84. The van der Waals surface area contributed by atoms with Gasteiger partial charge in [-0.2, -0.15) is 0 Å². The lowest BCUT2D eigenvalue weighted by Gasteiger charge is -2.33. The maximum atomic E-state index is 8.56. The van der Waals surface area contributed by atoms with Crippen molar-refractivity contribution in [2.45, 2.75) is 39.8 Å². The zero-order valence-corrected chi connectivity index (χ0v) is 11.3. The summed E-state index contributed by atoms with van der Waals surface area (Å²) in [6.07, 6.45) is -1.83. The van der Waals surface area contributed by atoms with Crippen molar-refractivity contribution >= 4 is 17.5 Å². The van der Waals surface area contributed by atoms with Gasteiger partial charge in [0.25, 0.3) is 0 Å². The highest BCUT2D eigenvalue weighted by molar-refractivity contribution is 5.54. The predicted molar refractivity (Wildman–Crippen MR) is 74.3 cm³/mol. The first-order chi connectivity index (χ1) is 8.25. The molecule has 0 aromatic heterocycles. The predicted octanol–water partition coefficient (Wildman–Crippen LogP) is 3.11. The van der Waals surface area contributed by atoms with Crippen molar-refractivity contribution in [3.63, 3.8) is 0 Å². The molecule has 0 aliphatic heterocycles. The Kier molecular flexibility index (Phi) is 6.63. The summed E-state index contributed by atoms with van der Waals surface area (Å²) < 4.78 is 0. The third kappa shape index (κ3) is 5.98. The van der Waals surface area contributed by atoms with E-state index in [1.54, 1.807) is 0 Å². The molecule has 5 heteroatoms. The van der Waals surface area contributed by atoms with Gasteiger partial charge in [0.15, 0.2) is 0 Å². The van der Waals surface area contributed by atoms with Crippen LogP contribution in [0.25, 0.3) is 0 Å². The van der Waals surface area contributed by atoms with Gasteiger partial charge < -0.3 is 20.8 Å². The van der Waals surface area contributed by atoms with Crippen molar-refractivity contribution < 1.29 is 15.0 Å². The maximum absolute atomic E-state index is 8.56. The summed E-state index contributed by atoms with van der Waals surface area (Å²) in [4.78, 5) is 10.9. The van der Waals surface area contributed by atoms with E-state index >= 15 is 0 Å². The van der Waals surface area contributed by atoms with Crippen LogP contribution in [0.15, 0.2) is 24.3 Å². The number of nitrogen functional groups attached to an aromatic ring is 1. The van der Waals surface area contributed by atoms with Gasteiger partial charge in [0.05, 0.1) is 0 Å². The molecule has 18 heavy (non-hydrogen) atoms. The minimum Gasteiger partial charge on any atom is -0.450 e. The lowest BCUT2D eigenvalue weighted by molar-refractivity contribution is 0.137. The lowest BCUT2D eigenvalue weighted by Crippen LogP contribution is -2.36. The van der Waals surface area contributed by atoms with Crippen molar-refractivity contribution in [1.29, 1.82) is 0 Å². The van der Waals surface area contributed by atoms with E-state index in [1.165, 1.54) is 5.69 Å². The second kappa shape index (κ2) is 7.42. The Labute approximate surface area is 108 Å². The van der Waals surface area contributed by atoms with Crippen molar-refractivity contribution in [3.8, 4) is 0 Å². The van der Waals surface area contributed by atoms with Crippen LogP contribution < -0.4 is 10.6 Å². The number of nitrogens with two attached hydrogens (primary N) is 1. The summed E-state index contributed by atoms with van der Waals surface area (Å²) in [5.41, 5.74) is 7.72. The molecule has 0 atom stereocenters. The van der Waals surface area contributed by atoms with E-state index < -0.39 is 6.16 Å². The van der Waals surface area contributed by atoms with E-state index in [0.29, 0.717) is 12.1 Å². The quantitative estimate of drug-likeness (QED) is 0.721. The molecule has 0 heterocycles. The standard InChI is InChI=1S/C12H20N2.CH2O3/c1-9(2)14(10(3)4)12-7-5-11(13)6-8-12;2-1(3)4/h5-10H,13H2,1-4H3;(H2,2,3,4). The highest BCUT2D eigenvalue weighted by Gasteiger charge is 2.13. The van der Waals surface area contributed by atoms with Crippen LogP contribution in [0.3, 0.4) is 0 Å². The molecule has 0 saturated carbocycles. The van der Waals surface area contributed by atoms with Crippen molar-refractivity contribution in [2.24, 2.45) is 0 Å².